The van der Waals surface area contributed by atoms with Gasteiger partial charge in [-0.3, -0.25) is 4.70 Å². The van der Waals surface area contributed by atoms with Crippen molar-refractivity contribution in [3.63, 3.8) is 0 Å². The van der Waals surface area contributed by atoms with Crippen LogP contribution < -0.4 is 22.4 Å². The SMILES string of the molecule is C.C.C.C.CBr.C[Si]1(C)CC[Si](C)(C)N1Cc1c[c-]ccc1.F.[CH3][Sn][c]1cccc(CN2[Si](C)(C)CC[Si]2(C)C)c1.[Li+]. The van der Waals surface area contributed by atoms with Crippen molar-refractivity contribution in [1.82, 2.24) is 8.46 Å². The molecule has 2 aromatic rings. The summed E-state index contributed by atoms with van der Waals surface area (Å²) in [5.74, 6) is 1.81. The second kappa shape index (κ2) is 22.5. The molecule has 0 N–H and O–H groups in total. The maximum Gasteiger partial charge on any atom is 1.00 e. The van der Waals surface area contributed by atoms with E-state index in [2.05, 4.69) is 130 Å². The predicted molar refractivity (Wildman–Crippen MR) is 207 cm³/mol. The Kier molecular flexibility index (Phi) is 28.2. The topological polar surface area (TPSA) is 6.48 Å². The minimum Gasteiger partial charge on any atom is 1.00 e. The molecule has 0 aromatic heterocycles. The predicted octanol–water partition coefficient (Wildman–Crippen LogP) is 7.71. The molecule has 2 saturated heterocycles. The molecule has 0 bridgehead atoms. The number of hydrogen-bond acceptors (Lipinski definition) is 2. The van der Waals surface area contributed by atoms with E-state index in [9.17, 15) is 0 Å². The molecule has 2 heterocycles. The minimum absolute atomic E-state index is 0. The third-order valence-corrected chi connectivity index (χ3v) is 31.5. The summed E-state index contributed by atoms with van der Waals surface area (Å²) in [6.07, 6.45) is 0. The summed E-state index contributed by atoms with van der Waals surface area (Å²) in [6, 6.07) is 27.1. The molecular formula is C32H67BrFLiN2Si4Sn. The molecule has 42 heavy (non-hydrogen) atoms. The Balaban J connectivity index is -0.000000181. The zero-order valence-corrected chi connectivity index (χ0v) is 34.5. The van der Waals surface area contributed by atoms with E-state index in [1.807, 2.05) is 11.9 Å². The van der Waals surface area contributed by atoms with E-state index in [0.29, 0.717) is 0 Å². The fourth-order valence-electron chi connectivity index (χ4n) is 5.98. The van der Waals surface area contributed by atoms with Gasteiger partial charge in [-0.05, 0) is 24.5 Å². The first-order valence-corrected chi connectivity index (χ1v) is 31.9. The van der Waals surface area contributed by atoms with Gasteiger partial charge >= 0.3 is 144 Å². The van der Waals surface area contributed by atoms with Crippen LogP contribution in [0.4, 0.5) is 4.70 Å². The third kappa shape index (κ3) is 14.6. The van der Waals surface area contributed by atoms with Gasteiger partial charge in [-0.15, -0.1) is 5.56 Å². The number of nitrogens with zero attached hydrogens (tertiary/aromatic N) is 2. The third-order valence-electron chi connectivity index (χ3n) is 8.29. The summed E-state index contributed by atoms with van der Waals surface area (Å²) in [6.45, 7) is 22.8. The zero-order chi connectivity index (χ0) is 27.2. The number of halogens is 2. The zero-order valence-electron chi connectivity index (χ0n) is 26.0. The molecule has 0 atom stereocenters. The normalized spacial score (nSPS) is 18.6. The smallest absolute Gasteiger partial charge is 1.00 e. The van der Waals surface area contributed by atoms with Crippen LogP contribution in [-0.4, -0.2) is 68.4 Å². The standard InChI is InChI=1S/2C13H22NSi2.CH3Br.4CH4.CH3.FH.Li.Sn/c2*1-15(2)10-11-16(3,4)14(15)12-13-8-6-5-7-9-13;1-2;;;;;;;;/h2*5-6,8-9H,10-12H2,1-4H3;1H3;4*1H4;1H3;1H;;/q;-1;;;;;;;;+1;. The molecule has 0 aliphatic carbocycles. The van der Waals surface area contributed by atoms with Crippen molar-refractivity contribution in [2.45, 2.75) is 124 Å². The summed E-state index contributed by atoms with van der Waals surface area (Å²) in [5, 5.41) is 0. The van der Waals surface area contributed by atoms with E-state index in [0.717, 1.165) is 6.54 Å². The molecule has 2 nitrogen and oxygen atoms in total. The molecule has 2 fully saturated rings. The van der Waals surface area contributed by atoms with Gasteiger partial charge in [0.25, 0.3) is 0 Å². The van der Waals surface area contributed by atoms with Crippen molar-refractivity contribution in [2.75, 3.05) is 5.83 Å². The van der Waals surface area contributed by atoms with Crippen molar-refractivity contribution >= 4 is 73.6 Å². The molecule has 2 aliphatic heterocycles. The van der Waals surface area contributed by atoms with E-state index < -0.39 is 32.9 Å². The molecule has 0 amide bonds. The molecule has 2 radical (unpaired) electrons. The van der Waals surface area contributed by atoms with Gasteiger partial charge in [-0.25, -0.2) is 0 Å². The first kappa shape index (κ1) is 52.6. The van der Waals surface area contributed by atoms with Gasteiger partial charge in [0.2, 0.25) is 0 Å². The van der Waals surface area contributed by atoms with Crippen LogP contribution in [0.5, 0.6) is 0 Å². The molecule has 0 spiro atoms. The van der Waals surface area contributed by atoms with E-state index in [4.69, 9.17) is 0 Å². The van der Waals surface area contributed by atoms with E-state index in [1.165, 1.54) is 36.3 Å². The molecule has 2 aromatic carbocycles. The molecule has 0 unspecified atom stereocenters. The van der Waals surface area contributed by atoms with Crippen LogP contribution >= 0.6 is 15.9 Å². The fourth-order valence-corrected chi connectivity index (χ4v) is 35.4. The molecule has 0 saturated carbocycles. The first-order valence-electron chi connectivity index (χ1n) is 13.4. The quantitative estimate of drug-likeness (QED) is 0.174. The van der Waals surface area contributed by atoms with Crippen LogP contribution in [0.3, 0.4) is 0 Å². The average molecular weight is 817 g/mol. The van der Waals surface area contributed by atoms with Gasteiger partial charge in [0.15, 0.2) is 0 Å². The number of hydrogen-bond donors (Lipinski definition) is 0. The van der Waals surface area contributed by atoms with Crippen molar-refractivity contribution in [3.05, 3.63) is 65.7 Å². The van der Waals surface area contributed by atoms with Crippen molar-refractivity contribution in [2.24, 2.45) is 0 Å². The first-order chi connectivity index (χ1) is 16.8. The fraction of sp³-hybridized carbons (Fsp3) is 0.625. The van der Waals surface area contributed by atoms with Gasteiger partial charge in [0.05, 0.1) is 0 Å². The number of alkyl halides is 1. The van der Waals surface area contributed by atoms with Crippen molar-refractivity contribution in [3.8, 4) is 0 Å². The van der Waals surface area contributed by atoms with Crippen LogP contribution in [0, 0.1) is 6.07 Å². The van der Waals surface area contributed by atoms with E-state index >= 15 is 0 Å². The molecule has 4 rings (SSSR count). The maximum absolute atomic E-state index is 3.19. The second-order valence-corrected chi connectivity index (χ2v) is 35.4. The Morgan fingerprint density at radius 3 is 1.43 bits per heavy atom. The Bertz CT molecular complexity index is 937. The van der Waals surface area contributed by atoms with Crippen molar-refractivity contribution < 1.29 is 23.6 Å². The van der Waals surface area contributed by atoms with Gasteiger partial charge in [-0.2, -0.15) is 30.3 Å². The van der Waals surface area contributed by atoms with Gasteiger partial charge in [-0.1, -0.05) is 71.8 Å². The van der Waals surface area contributed by atoms with Gasteiger partial charge < -0.3 is 4.23 Å². The Morgan fingerprint density at radius 1 is 0.690 bits per heavy atom. The number of rotatable bonds is 5. The summed E-state index contributed by atoms with van der Waals surface area (Å²) >= 11 is 2.66. The Labute approximate surface area is 298 Å². The van der Waals surface area contributed by atoms with Crippen LogP contribution in [0.2, 0.25) is 81.5 Å². The average Bonchev–Trinajstić information content (AvgIpc) is 3.19. The molecule has 2 aliphatic rings. The summed E-state index contributed by atoms with van der Waals surface area (Å²) in [4.78, 5) is 2.41. The van der Waals surface area contributed by atoms with Crippen LogP contribution in [-0.2, 0) is 13.1 Å². The minimum atomic E-state index is -1.11. The Hall–Kier alpha value is 1.03. The maximum atomic E-state index is 3.19. The monoisotopic (exact) mass is 816 g/mol. The molecule has 10 heteroatoms. The van der Waals surface area contributed by atoms with Crippen LogP contribution in [0.25, 0.3) is 0 Å². The van der Waals surface area contributed by atoms with Crippen LogP contribution in [0.15, 0.2) is 48.5 Å². The number of benzene rings is 2. The largest absolute Gasteiger partial charge is 1.00 e. The summed E-state index contributed by atoms with van der Waals surface area (Å²) in [5.41, 5.74) is 3.00. The molecular weight excluding hydrogens is 749 g/mol. The van der Waals surface area contributed by atoms with E-state index in [1.54, 1.807) is 9.14 Å². The van der Waals surface area contributed by atoms with Crippen molar-refractivity contribution in [1.29, 1.82) is 0 Å². The van der Waals surface area contributed by atoms with Crippen LogP contribution in [0.1, 0.15) is 40.8 Å². The Morgan fingerprint density at radius 2 is 1.07 bits per heavy atom. The van der Waals surface area contributed by atoms with Gasteiger partial charge in [0, 0.05) is 0 Å². The summed E-state index contributed by atoms with van der Waals surface area (Å²) < 4.78 is 7.53. The summed E-state index contributed by atoms with van der Waals surface area (Å²) in [7, 11) is -4.43. The van der Waals surface area contributed by atoms with Gasteiger partial charge in [0.1, 0.15) is 16.5 Å². The second-order valence-electron chi connectivity index (χ2n) is 12.8. The molecule has 240 valence electrons. The van der Waals surface area contributed by atoms with E-state index in [-0.39, 0.29) is 74.4 Å².